The van der Waals surface area contributed by atoms with Crippen molar-refractivity contribution in [2.75, 3.05) is 11.1 Å². The average Bonchev–Trinajstić information content (AvgIpc) is 2.41. The molecule has 1 amide bonds. The quantitative estimate of drug-likeness (QED) is 0.943. The van der Waals surface area contributed by atoms with Crippen LogP contribution >= 0.6 is 0 Å². The maximum atomic E-state index is 12.3. The summed E-state index contributed by atoms with van der Waals surface area (Å²) in [5.41, 5.74) is 3.50. The van der Waals surface area contributed by atoms with Crippen LogP contribution in [-0.2, 0) is 14.6 Å². The van der Waals surface area contributed by atoms with Crippen LogP contribution in [0.3, 0.4) is 0 Å². The smallest absolute Gasteiger partial charge is 0.239 e. The van der Waals surface area contributed by atoms with Crippen LogP contribution in [0.4, 0.5) is 5.69 Å². The molecule has 0 saturated carbocycles. The summed E-state index contributed by atoms with van der Waals surface area (Å²) in [6, 6.07) is 12.1. The fraction of sp³-hybridized carbons (Fsp3) is 0.235. The van der Waals surface area contributed by atoms with Crippen LogP contribution in [0, 0.1) is 20.8 Å². The first-order chi connectivity index (χ1) is 10.3. The summed E-state index contributed by atoms with van der Waals surface area (Å²) >= 11 is 0. The molecule has 4 nitrogen and oxygen atoms in total. The Bertz CT molecular complexity index is 810. The van der Waals surface area contributed by atoms with E-state index in [1.54, 1.807) is 24.3 Å². The van der Waals surface area contributed by atoms with E-state index in [1.165, 1.54) is 6.07 Å². The van der Waals surface area contributed by atoms with Gasteiger partial charge in [0.1, 0.15) is 5.75 Å². The number of aryl methyl sites for hydroxylation is 3. The second kappa shape index (κ2) is 6.32. The van der Waals surface area contributed by atoms with E-state index in [4.69, 9.17) is 0 Å². The minimum Gasteiger partial charge on any atom is -0.325 e. The third-order valence-corrected chi connectivity index (χ3v) is 5.07. The molecule has 0 radical (unpaired) electrons. The van der Waals surface area contributed by atoms with Gasteiger partial charge in [0, 0.05) is 5.69 Å². The van der Waals surface area contributed by atoms with Crippen molar-refractivity contribution in [1.29, 1.82) is 0 Å². The molecule has 0 aliphatic carbocycles. The second-order valence-electron chi connectivity index (χ2n) is 5.42. The standard InChI is InChI=1S/C17H19NO3S/c1-12-5-4-6-15(9-12)18-17(19)11-22(20,21)16-8-7-13(2)14(3)10-16/h4-10H,11H2,1-3H3,(H,18,19). The van der Waals surface area contributed by atoms with Gasteiger partial charge >= 0.3 is 0 Å². The van der Waals surface area contributed by atoms with E-state index >= 15 is 0 Å². The van der Waals surface area contributed by atoms with Crippen LogP contribution in [0.2, 0.25) is 0 Å². The van der Waals surface area contributed by atoms with Crippen LogP contribution in [0.25, 0.3) is 0 Å². The fourth-order valence-corrected chi connectivity index (χ4v) is 3.30. The van der Waals surface area contributed by atoms with E-state index in [0.717, 1.165) is 16.7 Å². The highest BCUT2D eigenvalue weighted by Gasteiger charge is 2.20. The van der Waals surface area contributed by atoms with E-state index in [1.807, 2.05) is 32.9 Å². The lowest BCUT2D eigenvalue weighted by Gasteiger charge is -2.08. The van der Waals surface area contributed by atoms with Gasteiger partial charge in [-0.1, -0.05) is 18.2 Å². The lowest BCUT2D eigenvalue weighted by Crippen LogP contribution is -2.23. The second-order valence-corrected chi connectivity index (χ2v) is 7.41. The van der Waals surface area contributed by atoms with Crippen molar-refractivity contribution in [2.45, 2.75) is 25.7 Å². The lowest BCUT2D eigenvalue weighted by atomic mass is 10.1. The van der Waals surface area contributed by atoms with E-state index in [-0.39, 0.29) is 4.90 Å². The molecule has 22 heavy (non-hydrogen) atoms. The van der Waals surface area contributed by atoms with Crippen molar-refractivity contribution in [2.24, 2.45) is 0 Å². The van der Waals surface area contributed by atoms with Gasteiger partial charge in [0.15, 0.2) is 9.84 Å². The zero-order valence-electron chi connectivity index (χ0n) is 12.9. The Balaban J connectivity index is 2.14. The Morgan fingerprint density at radius 2 is 1.73 bits per heavy atom. The summed E-state index contributed by atoms with van der Waals surface area (Å²) in [6.45, 7) is 5.67. The molecule has 0 spiro atoms. The van der Waals surface area contributed by atoms with Gasteiger partial charge in [-0.15, -0.1) is 0 Å². The van der Waals surface area contributed by atoms with Crippen molar-refractivity contribution in [3.63, 3.8) is 0 Å². The molecule has 116 valence electrons. The van der Waals surface area contributed by atoms with Crippen LogP contribution in [0.5, 0.6) is 0 Å². The summed E-state index contributed by atoms with van der Waals surface area (Å²) in [5.74, 6) is -1.10. The first kappa shape index (κ1) is 16.2. The Hall–Kier alpha value is -2.14. The molecular formula is C17H19NO3S. The third-order valence-electron chi connectivity index (χ3n) is 3.46. The van der Waals surface area contributed by atoms with Gasteiger partial charge in [-0.05, 0) is 61.7 Å². The van der Waals surface area contributed by atoms with Crippen molar-refractivity contribution in [3.8, 4) is 0 Å². The highest BCUT2D eigenvalue weighted by atomic mass is 32.2. The summed E-state index contributed by atoms with van der Waals surface area (Å²) in [5, 5.41) is 2.62. The topological polar surface area (TPSA) is 63.2 Å². The van der Waals surface area contributed by atoms with Gasteiger partial charge in [-0.25, -0.2) is 8.42 Å². The van der Waals surface area contributed by atoms with Crippen molar-refractivity contribution in [1.82, 2.24) is 0 Å². The normalized spacial score (nSPS) is 11.2. The molecule has 5 heteroatoms. The van der Waals surface area contributed by atoms with Gasteiger partial charge < -0.3 is 5.32 Å². The van der Waals surface area contributed by atoms with Gasteiger partial charge in [0.2, 0.25) is 5.91 Å². The maximum absolute atomic E-state index is 12.3. The highest BCUT2D eigenvalue weighted by Crippen LogP contribution is 2.17. The van der Waals surface area contributed by atoms with E-state index in [2.05, 4.69) is 5.32 Å². The van der Waals surface area contributed by atoms with E-state index in [0.29, 0.717) is 5.69 Å². The third kappa shape index (κ3) is 3.95. The van der Waals surface area contributed by atoms with Gasteiger partial charge in [-0.3, -0.25) is 4.79 Å². The lowest BCUT2D eigenvalue weighted by molar-refractivity contribution is -0.113. The molecule has 2 rings (SSSR count). The fourth-order valence-electron chi connectivity index (χ4n) is 2.08. The molecule has 2 aromatic rings. The number of hydrogen-bond donors (Lipinski definition) is 1. The molecular weight excluding hydrogens is 298 g/mol. The molecule has 0 aromatic heterocycles. The molecule has 1 N–H and O–H groups in total. The van der Waals surface area contributed by atoms with Gasteiger partial charge in [0.25, 0.3) is 0 Å². The predicted molar refractivity (Wildman–Crippen MR) is 87.8 cm³/mol. The number of benzene rings is 2. The zero-order chi connectivity index (χ0) is 16.3. The molecule has 0 saturated heterocycles. The van der Waals surface area contributed by atoms with Crippen molar-refractivity contribution < 1.29 is 13.2 Å². The Labute approximate surface area is 131 Å². The minimum atomic E-state index is -3.64. The summed E-state index contributed by atoms with van der Waals surface area (Å²) < 4.78 is 24.6. The van der Waals surface area contributed by atoms with Gasteiger partial charge in [0.05, 0.1) is 4.90 Å². The first-order valence-corrected chi connectivity index (χ1v) is 8.60. The number of amides is 1. The van der Waals surface area contributed by atoms with Crippen molar-refractivity contribution in [3.05, 3.63) is 59.2 Å². The van der Waals surface area contributed by atoms with Crippen LogP contribution in [0.15, 0.2) is 47.4 Å². The summed E-state index contributed by atoms with van der Waals surface area (Å²) in [4.78, 5) is 12.2. The zero-order valence-corrected chi connectivity index (χ0v) is 13.7. The van der Waals surface area contributed by atoms with Crippen molar-refractivity contribution >= 4 is 21.4 Å². The largest absolute Gasteiger partial charge is 0.325 e. The maximum Gasteiger partial charge on any atom is 0.239 e. The Kier molecular flexibility index (Phi) is 4.66. The van der Waals surface area contributed by atoms with Crippen LogP contribution < -0.4 is 5.32 Å². The van der Waals surface area contributed by atoms with Crippen LogP contribution in [-0.4, -0.2) is 20.1 Å². The average molecular weight is 317 g/mol. The molecule has 0 aliphatic heterocycles. The number of rotatable bonds is 4. The Morgan fingerprint density at radius 1 is 1.00 bits per heavy atom. The molecule has 0 aliphatic rings. The predicted octanol–water partition coefficient (Wildman–Crippen LogP) is 3.02. The number of carbonyl (C=O) groups is 1. The molecule has 0 heterocycles. The number of anilines is 1. The van der Waals surface area contributed by atoms with Crippen LogP contribution in [0.1, 0.15) is 16.7 Å². The van der Waals surface area contributed by atoms with E-state index in [9.17, 15) is 13.2 Å². The number of nitrogens with one attached hydrogen (secondary N) is 1. The number of hydrogen-bond acceptors (Lipinski definition) is 3. The highest BCUT2D eigenvalue weighted by molar-refractivity contribution is 7.92. The SMILES string of the molecule is Cc1cccc(NC(=O)CS(=O)(=O)c2ccc(C)c(C)c2)c1. The number of carbonyl (C=O) groups excluding carboxylic acids is 1. The van der Waals surface area contributed by atoms with Gasteiger partial charge in [-0.2, -0.15) is 0 Å². The molecule has 0 atom stereocenters. The van der Waals surface area contributed by atoms with E-state index < -0.39 is 21.5 Å². The summed E-state index contributed by atoms with van der Waals surface area (Å²) in [6.07, 6.45) is 0. The molecule has 0 unspecified atom stereocenters. The summed E-state index contributed by atoms with van der Waals surface area (Å²) in [7, 11) is -3.64. The monoisotopic (exact) mass is 317 g/mol. The molecule has 2 aromatic carbocycles. The number of sulfone groups is 1. The minimum absolute atomic E-state index is 0.176. The first-order valence-electron chi connectivity index (χ1n) is 6.94. The molecule has 0 bridgehead atoms. The molecule has 0 fully saturated rings. The Morgan fingerprint density at radius 3 is 2.36 bits per heavy atom.